The summed E-state index contributed by atoms with van der Waals surface area (Å²) in [5, 5.41) is 0. The van der Waals surface area contributed by atoms with Gasteiger partial charge in [0.15, 0.2) is 0 Å². The number of amides is 1. The summed E-state index contributed by atoms with van der Waals surface area (Å²) < 4.78 is 27.8. The Morgan fingerprint density at radius 2 is 1.73 bits per heavy atom. The van der Waals surface area contributed by atoms with Crippen LogP contribution in [0.5, 0.6) is 0 Å². The van der Waals surface area contributed by atoms with Crippen LogP contribution < -0.4 is 4.72 Å². The second-order valence-electron chi connectivity index (χ2n) is 8.24. The maximum absolute atomic E-state index is 13.1. The molecule has 0 unspecified atom stereocenters. The number of piperazine rings is 1. The van der Waals surface area contributed by atoms with Gasteiger partial charge in [-0.15, -0.1) is 0 Å². The summed E-state index contributed by atoms with van der Waals surface area (Å²) in [6.07, 6.45) is 2.76. The summed E-state index contributed by atoms with van der Waals surface area (Å²) in [6, 6.07) is 15.3. The van der Waals surface area contributed by atoms with Crippen molar-refractivity contribution in [3.63, 3.8) is 0 Å². The first-order valence-corrected chi connectivity index (χ1v) is 12.1. The molecule has 7 heteroatoms. The van der Waals surface area contributed by atoms with Crippen molar-refractivity contribution in [1.29, 1.82) is 0 Å². The minimum atomic E-state index is -3.57. The number of sulfonamides is 1. The minimum absolute atomic E-state index is 0.0411. The zero-order chi connectivity index (χ0) is 21.1. The third-order valence-electron chi connectivity index (χ3n) is 5.87. The van der Waals surface area contributed by atoms with E-state index in [0.717, 1.165) is 44.5 Å². The summed E-state index contributed by atoms with van der Waals surface area (Å²) in [7, 11) is -3.57. The second-order valence-corrected chi connectivity index (χ2v) is 9.96. The summed E-state index contributed by atoms with van der Waals surface area (Å²) in [6.45, 7) is 5.81. The van der Waals surface area contributed by atoms with E-state index >= 15 is 0 Å². The van der Waals surface area contributed by atoms with Crippen LogP contribution in [0, 0.1) is 6.92 Å². The molecule has 2 aliphatic rings. The number of carbonyl (C=O) groups excluding carboxylic acids is 1. The normalized spacial score (nSPS) is 17.8. The Morgan fingerprint density at radius 1 is 1.03 bits per heavy atom. The van der Waals surface area contributed by atoms with E-state index in [1.165, 1.54) is 11.6 Å². The van der Waals surface area contributed by atoms with E-state index in [4.69, 9.17) is 0 Å². The van der Waals surface area contributed by atoms with Crippen LogP contribution in [0.2, 0.25) is 0 Å². The van der Waals surface area contributed by atoms with Crippen LogP contribution in [0.15, 0.2) is 53.4 Å². The highest BCUT2D eigenvalue weighted by molar-refractivity contribution is 7.89. The van der Waals surface area contributed by atoms with Gasteiger partial charge in [-0.2, -0.15) is 0 Å². The van der Waals surface area contributed by atoms with Crippen molar-refractivity contribution in [3.05, 3.63) is 65.2 Å². The fourth-order valence-corrected chi connectivity index (χ4v) is 5.09. The first kappa shape index (κ1) is 21.0. The van der Waals surface area contributed by atoms with Crippen LogP contribution in [-0.4, -0.2) is 62.9 Å². The molecule has 1 aliphatic heterocycles. The highest BCUT2D eigenvalue weighted by atomic mass is 32.2. The predicted octanol–water partition coefficient (Wildman–Crippen LogP) is 2.44. The first-order chi connectivity index (χ1) is 14.4. The van der Waals surface area contributed by atoms with Crippen LogP contribution in [0.3, 0.4) is 0 Å². The maximum atomic E-state index is 13.1. The van der Waals surface area contributed by atoms with E-state index in [9.17, 15) is 13.2 Å². The maximum Gasteiger partial charge on any atom is 0.254 e. The van der Waals surface area contributed by atoms with Gasteiger partial charge in [0.25, 0.3) is 5.91 Å². The van der Waals surface area contributed by atoms with Gasteiger partial charge in [-0.05, 0) is 49.4 Å². The summed E-state index contributed by atoms with van der Waals surface area (Å²) >= 11 is 0. The molecule has 0 radical (unpaired) electrons. The van der Waals surface area contributed by atoms with Crippen LogP contribution in [0.4, 0.5) is 0 Å². The minimum Gasteiger partial charge on any atom is -0.336 e. The lowest BCUT2D eigenvalue weighted by Gasteiger charge is -2.35. The van der Waals surface area contributed by atoms with Crippen LogP contribution in [0.25, 0.3) is 0 Å². The number of carbonyl (C=O) groups is 1. The van der Waals surface area contributed by atoms with Crippen LogP contribution in [-0.2, 0) is 16.4 Å². The number of benzene rings is 2. The quantitative estimate of drug-likeness (QED) is 0.737. The highest BCUT2D eigenvalue weighted by Crippen LogP contribution is 2.24. The molecule has 1 saturated heterocycles. The van der Waals surface area contributed by atoms with Gasteiger partial charge in [0.1, 0.15) is 0 Å². The molecule has 2 aromatic rings. The van der Waals surface area contributed by atoms with Crippen LogP contribution >= 0.6 is 0 Å². The monoisotopic (exact) mass is 427 g/mol. The zero-order valence-corrected chi connectivity index (χ0v) is 18.2. The molecule has 0 bridgehead atoms. The molecule has 2 aromatic carbocycles. The largest absolute Gasteiger partial charge is 0.336 e. The Kier molecular flexibility index (Phi) is 6.22. The lowest BCUT2D eigenvalue weighted by atomic mass is 10.1. The number of aryl methyl sites for hydroxylation is 1. The molecule has 1 heterocycles. The summed E-state index contributed by atoms with van der Waals surface area (Å²) in [4.78, 5) is 17.5. The predicted molar refractivity (Wildman–Crippen MR) is 117 cm³/mol. The Labute approximate surface area is 178 Å². The van der Waals surface area contributed by atoms with Gasteiger partial charge in [0.2, 0.25) is 10.0 Å². The molecular formula is C23H29N3O3S. The molecule has 4 rings (SSSR count). The Hall–Kier alpha value is -2.22. The highest BCUT2D eigenvalue weighted by Gasteiger charge is 2.29. The number of nitrogens with one attached hydrogen (secondary N) is 1. The Bertz CT molecular complexity index is 996. The second kappa shape index (κ2) is 8.88. The van der Waals surface area contributed by atoms with Gasteiger partial charge < -0.3 is 4.90 Å². The number of hydrogen-bond acceptors (Lipinski definition) is 4. The SMILES string of the molecule is Cc1ccc(S(=O)(=O)NC2CC2)cc1C(=O)N1CCN(CCc2ccccc2)CC1. The number of hydrogen-bond donors (Lipinski definition) is 1. The van der Waals surface area contributed by atoms with E-state index in [-0.39, 0.29) is 16.8 Å². The van der Waals surface area contributed by atoms with Crippen molar-refractivity contribution in [2.24, 2.45) is 0 Å². The van der Waals surface area contributed by atoms with E-state index in [2.05, 4.69) is 33.9 Å². The van der Waals surface area contributed by atoms with Gasteiger partial charge >= 0.3 is 0 Å². The first-order valence-electron chi connectivity index (χ1n) is 10.6. The fourth-order valence-electron chi connectivity index (χ4n) is 3.76. The van der Waals surface area contributed by atoms with E-state index in [1.54, 1.807) is 12.1 Å². The molecule has 0 spiro atoms. The van der Waals surface area contributed by atoms with Crippen molar-refractivity contribution in [3.8, 4) is 0 Å². The van der Waals surface area contributed by atoms with Gasteiger partial charge in [-0.1, -0.05) is 36.4 Å². The number of nitrogens with zero attached hydrogens (tertiary/aromatic N) is 2. The standard InChI is InChI=1S/C23H29N3O3S/c1-18-7-10-21(30(28,29)24-20-8-9-20)17-22(18)23(27)26-15-13-25(14-16-26)12-11-19-5-3-2-4-6-19/h2-7,10,17,20,24H,8-9,11-16H2,1H3. The lowest BCUT2D eigenvalue weighted by Crippen LogP contribution is -2.49. The fraction of sp³-hybridized carbons (Fsp3) is 0.435. The average Bonchev–Trinajstić information content (AvgIpc) is 3.56. The summed E-state index contributed by atoms with van der Waals surface area (Å²) in [5.41, 5.74) is 2.60. The van der Waals surface area contributed by atoms with E-state index in [0.29, 0.717) is 18.7 Å². The molecule has 2 fully saturated rings. The summed E-state index contributed by atoms with van der Waals surface area (Å²) in [5.74, 6) is -0.0846. The Morgan fingerprint density at radius 3 is 2.40 bits per heavy atom. The molecular weight excluding hydrogens is 398 g/mol. The Balaban J connectivity index is 1.37. The van der Waals surface area contributed by atoms with Crippen molar-refractivity contribution in [2.75, 3.05) is 32.7 Å². The lowest BCUT2D eigenvalue weighted by molar-refractivity contribution is 0.0637. The number of rotatable bonds is 7. The van der Waals surface area contributed by atoms with Crippen molar-refractivity contribution >= 4 is 15.9 Å². The van der Waals surface area contributed by atoms with Crippen molar-refractivity contribution < 1.29 is 13.2 Å². The van der Waals surface area contributed by atoms with Gasteiger partial charge in [-0.3, -0.25) is 9.69 Å². The van der Waals surface area contributed by atoms with E-state index < -0.39 is 10.0 Å². The molecule has 6 nitrogen and oxygen atoms in total. The molecule has 1 aliphatic carbocycles. The zero-order valence-electron chi connectivity index (χ0n) is 17.4. The third kappa shape index (κ3) is 5.09. The van der Waals surface area contributed by atoms with Crippen LogP contribution in [0.1, 0.15) is 34.3 Å². The average molecular weight is 428 g/mol. The van der Waals surface area contributed by atoms with Crippen molar-refractivity contribution in [2.45, 2.75) is 37.1 Å². The third-order valence-corrected chi connectivity index (χ3v) is 7.39. The van der Waals surface area contributed by atoms with E-state index in [1.807, 2.05) is 17.9 Å². The molecule has 1 N–H and O–H groups in total. The molecule has 30 heavy (non-hydrogen) atoms. The van der Waals surface area contributed by atoms with Gasteiger partial charge in [0, 0.05) is 44.3 Å². The molecule has 1 saturated carbocycles. The van der Waals surface area contributed by atoms with Gasteiger partial charge in [0.05, 0.1) is 4.90 Å². The molecule has 0 aromatic heterocycles. The van der Waals surface area contributed by atoms with Gasteiger partial charge in [-0.25, -0.2) is 13.1 Å². The molecule has 1 amide bonds. The molecule has 160 valence electrons. The topological polar surface area (TPSA) is 69.7 Å². The molecule has 0 atom stereocenters. The smallest absolute Gasteiger partial charge is 0.254 e. The van der Waals surface area contributed by atoms with Crippen molar-refractivity contribution in [1.82, 2.24) is 14.5 Å².